The smallest absolute Gasteiger partial charge is 0.258 e. The Morgan fingerprint density at radius 2 is 2.00 bits per heavy atom. The van der Waals surface area contributed by atoms with Gasteiger partial charge in [0, 0.05) is 24.5 Å². The molecule has 0 saturated heterocycles. The maximum absolute atomic E-state index is 12.4. The summed E-state index contributed by atoms with van der Waals surface area (Å²) >= 11 is 0. The van der Waals surface area contributed by atoms with Gasteiger partial charge in [0.1, 0.15) is 6.33 Å². The molecular formula is C13H14N4O. The molecule has 0 spiro atoms. The molecule has 5 heteroatoms. The first kappa shape index (κ1) is 12.2. The number of aromatic nitrogens is 3. The maximum Gasteiger partial charge on any atom is 0.258 e. The van der Waals surface area contributed by atoms with E-state index in [1.54, 1.807) is 35.6 Å². The summed E-state index contributed by atoms with van der Waals surface area (Å²) in [7, 11) is 0. The van der Waals surface area contributed by atoms with Crippen molar-refractivity contribution in [2.75, 3.05) is 11.4 Å². The van der Waals surface area contributed by atoms with E-state index in [1.807, 2.05) is 13.8 Å². The normalized spacial score (nSPS) is 10.1. The van der Waals surface area contributed by atoms with Crippen LogP contribution in [0.5, 0.6) is 0 Å². The minimum absolute atomic E-state index is 0.0715. The average Bonchev–Trinajstić information content (AvgIpc) is 2.42. The number of rotatable bonds is 3. The van der Waals surface area contributed by atoms with Crippen molar-refractivity contribution in [3.8, 4) is 0 Å². The molecule has 0 aliphatic carbocycles. The van der Waals surface area contributed by atoms with Crippen molar-refractivity contribution in [3.63, 3.8) is 0 Å². The number of carbonyl (C=O) groups is 1. The largest absolute Gasteiger partial charge is 0.305 e. The van der Waals surface area contributed by atoms with Crippen LogP contribution in [0.25, 0.3) is 0 Å². The first-order chi connectivity index (χ1) is 8.74. The van der Waals surface area contributed by atoms with Gasteiger partial charge in [-0.25, -0.2) is 9.97 Å². The second kappa shape index (κ2) is 5.35. The van der Waals surface area contributed by atoms with E-state index in [2.05, 4.69) is 15.0 Å². The summed E-state index contributed by atoms with van der Waals surface area (Å²) in [6, 6.07) is 3.40. The first-order valence-electron chi connectivity index (χ1n) is 5.72. The Kier molecular flexibility index (Phi) is 3.62. The van der Waals surface area contributed by atoms with E-state index < -0.39 is 0 Å². The van der Waals surface area contributed by atoms with E-state index in [0.717, 1.165) is 11.4 Å². The third-order valence-corrected chi connectivity index (χ3v) is 2.67. The Morgan fingerprint density at radius 3 is 2.61 bits per heavy atom. The zero-order chi connectivity index (χ0) is 13.0. The van der Waals surface area contributed by atoms with E-state index in [1.165, 1.54) is 6.33 Å². The van der Waals surface area contributed by atoms with E-state index >= 15 is 0 Å². The molecule has 0 unspecified atom stereocenters. The van der Waals surface area contributed by atoms with Gasteiger partial charge in [0.05, 0.1) is 17.6 Å². The second-order valence-corrected chi connectivity index (χ2v) is 3.78. The Balaban J connectivity index is 2.36. The highest BCUT2D eigenvalue weighted by atomic mass is 16.2. The molecule has 0 N–H and O–H groups in total. The highest BCUT2D eigenvalue weighted by molar-refractivity contribution is 6.06. The van der Waals surface area contributed by atoms with Crippen LogP contribution in [0.4, 0.5) is 5.69 Å². The van der Waals surface area contributed by atoms with Crippen LogP contribution in [0.2, 0.25) is 0 Å². The van der Waals surface area contributed by atoms with Crippen LogP contribution >= 0.6 is 0 Å². The molecule has 0 saturated carbocycles. The number of amides is 1. The molecule has 0 fully saturated rings. The van der Waals surface area contributed by atoms with Gasteiger partial charge in [0.2, 0.25) is 0 Å². The van der Waals surface area contributed by atoms with Gasteiger partial charge in [-0.2, -0.15) is 0 Å². The van der Waals surface area contributed by atoms with Crippen LogP contribution in [-0.2, 0) is 0 Å². The fourth-order valence-corrected chi connectivity index (χ4v) is 1.72. The highest BCUT2D eigenvalue weighted by Gasteiger charge is 2.18. The van der Waals surface area contributed by atoms with Gasteiger partial charge in [0.25, 0.3) is 5.91 Å². The zero-order valence-corrected chi connectivity index (χ0v) is 10.4. The minimum Gasteiger partial charge on any atom is -0.305 e. The number of hydrogen-bond acceptors (Lipinski definition) is 4. The van der Waals surface area contributed by atoms with Crippen LogP contribution < -0.4 is 4.90 Å². The van der Waals surface area contributed by atoms with Crippen molar-refractivity contribution in [2.45, 2.75) is 13.8 Å². The van der Waals surface area contributed by atoms with Gasteiger partial charge in [-0.05, 0) is 26.0 Å². The number of carbonyl (C=O) groups excluding carboxylic acids is 1. The van der Waals surface area contributed by atoms with Gasteiger partial charge >= 0.3 is 0 Å². The van der Waals surface area contributed by atoms with Gasteiger partial charge < -0.3 is 4.90 Å². The molecular weight excluding hydrogens is 228 g/mol. The molecule has 0 bridgehead atoms. The Hall–Kier alpha value is -2.30. The third-order valence-electron chi connectivity index (χ3n) is 2.67. The van der Waals surface area contributed by atoms with E-state index in [9.17, 15) is 4.79 Å². The predicted octanol–water partition coefficient (Wildman–Crippen LogP) is 1.85. The standard InChI is InChI=1S/C13H14N4O/c1-3-17(12-8-15-9-16-10(12)2)13(18)11-4-6-14-7-5-11/h4-9H,3H2,1-2H3. The topological polar surface area (TPSA) is 59.0 Å². The molecule has 18 heavy (non-hydrogen) atoms. The van der Waals surface area contributed by atoms with Crippen LogP contribution in [0, 0.1) is 6.92 Å². The van der Waals surface area contributed by atoms with Gasteiger partial charge in [-0.3, -0.25) is 9.78 Å². The Morgan fingerprint density at radius 1 is 1.28 bits per heavy atom. The van der Waals surface area contributed by atoms with Crippen molar-refractivity contribution in [3.05, 3.63) is 48.3 Å². The van der Waals surface area contributed by atoms with Crippen LogP contribution in [0.15, 0.2) is 37.1 Å². The van der Waals surface area contributed by atoms with Crippen LogP contribution in [0.3, 0.4) is 0 Å². The SMILES string of the molecule is CCN(C(=O)c1ccncc1)c1cncnc1C. The molecule has 92 valence electrons. The Labute approximate surface area is 106 Å². The van der Waals surface area contributed by atoms with E-state index in [-0.39, 0.29) is 5.91 Å². The van der Waals surface area contributed by atoms with Crippen molar-refractivity contribution in [1.82, 2.24) is 15.0 Å². The molecule has 2 heterocycles. The van der Waals surface area contributed by atoms with Crippen molar-refractivity contribution in [1.29, 1.82) is 0 Å². The quantitative estimate of drug-likeness (QED) is 0.824. The molecule has 0 aromatic carbocycles. The summed E-state index contributed by atoms with van der Waals surface area (Å²) in [6.45, 7) is 4.35. The summed E-state index contributed by atoms with van der Waals surface area (Å²) in [6.07, 6.45) is 6.35. The van der Waals surface area contributed by atoms with Crippen molar-refractivity contribution >= 4 is 11.6 Å². The molecule has 2 rings (SSSR count). The molecule has 0 aliphatic rings. The van der Waals surface area contributed by atoms with Gasteiger partial charge in [0.15, 0.2) is 0 Å². The second-order valence-electron chi connectivity index (χ2n) is 3.78. The Bertz CT molecular complexity index is 542. The van der Waals surface area contributed by atoms with Crippen molar-refractivity contribution < 1.29 is 4.79 Å². The summed E-state index contributed by atoms with van der Waals surface area (Å²) in [5.74, 6) is -0.0715. The molecule has 1 amide bonds. The molecule has 2 aromatic heterocycles. The molecule has 0 aliphatic heterocycles. The first-order valence-corrected chi connectivity index (χ1v) is 5.72. The summed E-state index contributed by atoms with van der Waals surface area (Å²) < 4.78 is 0. The lowest BCUT2D eigenvalue weighted by Crippen LogP contribution is -2.31. The predicted molar refractivity (Wildman–Crippen MR) is 68.4 cm³/mol. The molecule has 2 aromatic rings. The zero-order valence-electron chi connectivity index (χ0n) is 10.4. The summed E-state index contributed by atoms with van der Waals surface area (Å²) in [5.41, 5.74) is 2.13. The van der Waals surface area contributed by atoms with Gasteiger partial charge in [-0.1, -0.05) is 0 Å². The number of hydrogen-bond donors (Lipinski definition) is 0. The van der Waals surface area contributed by atoms with Crippen LogP contribution in [-0.4, -0.2) is 27.4 Å². The summed E-state index contributed by atoms with van der Waals surface area (Å²) in [5, 5.41) is 0. The lowest BCUT2D eigenvalue weighted by Gasteiger charge is -2.21. The number of pyridine rings is 1. The lowest BCUT2D eigenvalue weighted by atomic mass is 10.2. The lowest BCUT2D eigenvalue weighted by molar-refractivity contribution is 0.0988. The average molecular weight is 242 g/mol. The molecule has 0 atom stereocenters. The number of anilines is 1. The third kappa shape index (κ3) is 2.34. The monoisotopic (exact) mass is 242 g/mol. The minimum atomic E-state index is -0.0715. The van der Waals surface area contributed by atoms with Crippen LogP contribution in [0.1, 0.15) is 23.0 Å². The molecule has 5 nitrogen and oxygen atoms in total. The van der Waals surface area contributed by atoms with Crippen molar-refractivity contribution in [2.24, 2.45) is 0 Å². The van der Waals surface area contributed by atoms with E-state index in [4.69, 9.17) is 0 Å². The number of aryl methyl sites for hydroxylation is 1. The number of nitrogens with zero attached hydrogens (tertiary/aromatic N) is 4. The summed E-state index contributed by atoms with van der Waals surface area (Å²) in [4.78, 5) is 26.0. The van der Waals surface area contributed by atoms with E-state index in [0.29, 0.717) is 12.1 Å². The fourth-order valence-electron chi connectivity index (χ4n) is 1.72. The molecule has 0 radical (unpaired) electrons. The maximum atomic E-state index is 12.4. The van der Waals surface area contributed by atoms with Gasteiger partial charge in [-0.15, -0.1) is 0 Å². The highest BCUT2D eigenvalue weighted by Crippen LogP contribution is 2.18. The fraction of sp³-hybridized carbons (Fsp3) is 0.231.